The van der Waals surface area contributed by atoms with Gasteiger partial charge in [0, 0.05) is 13.1 Å². The molecule has 0 fully saturated rings. The van der Waals surface area contributed by atoms with E-state index in [1.807, 2.05) is 32.0 Å². The largest absolute Gasteiger partial charge is 0.486 e. The molecule has 0 radical (unpaired) electrons. The molecule has 0 atom stereocenters. The summed E-state index contributed by atoms with van der Waals surface area (Å²) in [6, 6.07) is 10.4. The van der Waals surface area contributed by atoms with E-state index < -0.39 is 10.0 Å². The van der Waals surface area contributed by atoms with Crippen LogP contribution < -0.4 is 13.8 Å². The lowest BCUT2D eigenvalue weighted by Gasteiger charge is -2.23. The van der Waals surface area contributed by atoms with Gasteiger partial charge in [0.05, 0.1) is 10.6 Å². The number of nitrogens with zero attached hydrogens (tertiary/aromatic N) is 1. The van der Waals surface area contributed by atoms with E-state index in [4.69, 9.17) is 9.47 Å². The van der Waals surface area contributed by atoms with Gasteiger partial charge in [-0.3, -0.25) is 4.31 Å². The predicted molar refractivity (Wildman–Crippen MR) is 88.9 cm³/mol. The van der Waals surface area contributed by atoms with Crippen LogP contribution >= 0.6 is 0 Å². The van der Waals surface area contributed by atoms with E-state index in [2.05, 4.69) is 0 Å². The van der Waals surface area contributed by atoms with Crippen LogP contribution in [0.15, 0.2) is 41.3 Å². The van der Waals surface area contributed by atoms with Gasteiger partial charge < -0.3 is 9.47 Å². The highest BCUT2D eigenvalue weighted by molar-refractivity contribution is 7.92. The van der Waals surface area contributed by atoms with Crippen molar-refractivity contribution in [3.05, 3.63) is 47.5 Å². The fourth-order valence-electron chi connectivity index (χ4n) is 2.61. The number of ether oxygens (including phenoxy) is 2. The molecule has 5 nitrogen and oxygen atoms in total. The van der Waals surface area contributed by atoms with E-state index >= 15 is 0 Å². The summed E-state index contributed by atoms with van der Waals surface area (Å²) in [4.78, 5) is 0.184. The standard InChI is InChI=1S/C17H19NO4S/c1-12-8-13(2)10-14(9-12)18(3)23(19,20)15-4-5-16-17(11-15)22-7-6-21-16/h4-5,8-11H,6-7H2,1-3H3. The first-order valence-electron chi connectivity index (χ1n) is 7.35. The number of anilines is 1. The Labute approximate surface area is 136 Å². The third-order valence-electron chi connectivity index (χ3n) is 3.74. The first-order valence-corrected chi connectivity index (χ1v) is 8.79. The first kappa shape index (κ1) is 15.7. The lowest BCUT2D eigenvalue weighted by atomic mass is 10.1. The zero-order chi connectivity index (χ0) is 16.6. The summed E-state index contributed by atoms with van der Waals surface area (Å²) in [6.07, 6.45) is 0. The summed E-state index contributed by atoms with van der Waals surface area (Å²) >= 11 is 0. The second-order valence-electron chi connectivity index (χ2n) is 5.62. The molecule has 0 saturated carbocycles. The highest BCUT2D eigenvalue weighted by Crippen LogP contribution is 2.34. The molecule has 6 heteroatoms. The van der Waals surface area contributed by atoms with Crippen molar-refractivity contribution in [2.45, 2.75) is 18.7 Å². The van der Waals surface area contributed by atoms with Crippen molar-refractivity contribution in [1.82, 2.24) is 0 Å². The van der Waals surface area contributed by atoms with Crippen molar-refractivity contribution < 1.29 is 17.9 Å². The van der Waals surface area contributed by atoms with Crippen LogP contribution in [0.25, 0.3) is 0 Å². The van der Waals surface area contributed by atoms with Crippen molar-refractivity contribution in [1.29, 1.82) is 0 Å². The first-order chi connectivity index (χ1) is 10.9. The molecule has 0 saturated heterocycles. The minimum Gasteiger partial charge on any atom is -0.486 e. The highest BCUT2D eigenvalue weighted by Gasteiger charge is 2.24. The third kappa shape index (κ3) is 2.99. The number of sulfonamides is 1. The maximum atomic E-state index is 12.9. The molecular weight excluding hydrogens is 314 g/mol. The van der Waals surface area contributed by atoms with Gasteiger partial charge in [0.2, 0.25) is 0 Å². The van der Waals surface area contributed by atoms with Gasteiger partial charge in [-0.15, -0.1) is 0 Å². The normalized spacial score (nSPS) is 13.7. The smallest absolute Gasteiger partial charge is 0.264 e. The summed E-state index contributed by atoms with van der Waals surface area (Å²) in [5, 5.41) is 0. The van der Waals surface area contributed by atoms with Crippen LogP contribution in [0.3, 0.4) is 0 Å². The van der Waals surface area contributed by atoms with E-state index in [0.717, 1.165) is 11.1 Å². The molecular formula is C17H19NO4S. The number of fused-ring (bicyclic) bond motifs is 1. The molecule has 23 heavy (non-hydrogen) atoms. The van der Waals surface area contributed by atoms with Crippen LogP contribution in [-0.4, -0.2) is 28.7 Å². The monoisotopic (exact) mass is 333 g/mol. The van der Waals surface area contributed by atoms with Crippen LogP contribution in [0.1, 0.15) is 11.1 Å². The summed E-state index contributed by atoms with van der Waals surface area (Å²) < 4.78 is 37.9. The van der Waals surface area contributed by atoms with Crippen molar-refractivity contribution in [3.8, 4) is 11.5 Å². The molecule has 122 valence electrons. The van der Waals surface area contributed by atoms with Crippen LogP contribution in [0.2, 0.25) is 0 Å². The van der Waals surface area contributed by atoms with Crippen molar-refractivity contribution in [3.63, 3.8) is 0 Å². The van der Waals surface area contributed by atoms with Crippen molar-refractivity contribution >= 4 is 15.7 Å². The van der Waals surface area contributed by atoms with Gasteiger partial charge in [0.25, 0.3) is 10.0 Å². The number of aryl methyl sites for hydroxylation is 2. The Hall–Kier alpha value is -2.21. The highest BCUT2D eigenvalue weighted by atomic mass is 32.2. The number of hydrogen-bond acceptors (Lipinski definition) is 4. The molecule has 1 aliphatic heterocycles. The zero-order valence-electron chi connectivity index (χ0n) is 13.4. The molecule has 0 unspecified atom stereocenters. The second-order valence-corrected chi connectivity index (χ2v) is 7.59. The summed E-state index contributed by atoms with van der Waals surface area (Å²) in [5.74, 6) is 1.04. The molecule has 2 aromatic carbocycles. The van der Waals surface area contributed by atoms with Gasteiger partial charge in [0.1, 0.15) is 13.2 Å². The third-order valence-corrected chi connectivity index (χ3v) is 5.52. The Morgan fingerprint density at radius 2 is 1.52 bits per heavy atom. The van der Waals surface area contributed by atoms with E-state index in [-0.39, 0.29) is 4.90 Å². The molecule has 0 spiro atoms. The fourth-order valence-corrected chi connectivity index (χ4v) is 3.81. The van der Waals surface area contributed by atoms with Crippen molar-refractivity contribution in [2.24, 2.45) is 0 Å². The SMILES string of the molecule is Cc1cc(C)cc(N(C)S(=O)(=O)c2ccc3c(c2)OCCO3)c1. The van der Waals surface area contributed by atoms with Gasteiger partial charge in [-0.2, -0.15) is 0 Å². The lowest BCUT2D eigenvalue weighted by Crippen LogP contribution is -2.27. The van der Waals surface area contributed by atoms with Gasteiger partial charge in [-0.25, -0.2) is 8.42 Å². The molecule has 0 amide bonds. The Balaban J connectivity index is 2.00. The Bertz CT molecular complexity index is 825. The summed E-state index contributed by atoms with van der Waals surface area (Å²) in [7, 11) is -2.11. The minimum atomic E-state index is -3.66. The molecule has 3 rings (SSSR count). The average Bonchev–Trinajstić information content (AvgIpc) is 2.52. The van der Waals surface area contributed by atoms with E-state index in [1.54, 1.807) is 19.2 Å². The Kier molecular flexibility index (Phi) is 3.93. The van der Waals surface area contributed by atoms with E-state index in [9.17, 15) is 8.42 Å². The predicted octanol–water partition coefficient (Wildman–Crippen LogP) is 2.90. The Morgan fingerprint density at radius 1 is 0.913 bits per heavy atom. The number of rotatable bonds is 3. The lowest BCUT2D eigenvalue weighted by molar-refractivity contribution is 0.171. The van der Waals surface area contributed by atoms with E-state index in [1.165, 1.54) is 10.4 Å². The minimum absolute atomic E-state index is 0.184. The molecule has 0 aliphatic carbocycles. The molecule has 2 aromatic rings. The summed E-state index contributed by atoms with van der Waals surface area (Å²) in [5.41, 5.74) is 2.67. The number of benzene rings is 2. The fraction of sp³-hybridized carbons (Fsp3) is 0.294. The number of hydrogen-bond donors (Lipinski definition) is 0. The van der Waals surface area contributed by atoms with Gasteiger partial charge in [0.15, 0.2) is 11.5 Å². The van der Waals surface area contributed by atoms with Crippen LogP contribution in [0, 0.1) is 13.8 Å². The van der Waals surface area contributed by atoms with Crippen molar-refractivity contribution in [2.75, 3.05) is 24.6 Å². The maximum Gasteiger partial charge on any atom is 0.264 e. The van der Waals surface area contributed by atoms with Crippen LogP contribution in [0.5, 0.6) is 11.5 Å². The second kappa shape index (κ2) is 5.77. The molecule has 0 N–H and O–H groups in total. The van der Waals surface area contributed by atoms with Gasteiger partial charge in [-0.1, -0.05) is 6.07 Å². The molecule has 0 bridgehead atoms. The quantitative estimate of drug-likeness (QED) is 0.867. The molecule has 1 aliphatic rings. The summed E-state index contributed by atoms with van der Waals surface area (Å²) in [6.45, 7) is 4.78. The topological polar surface area (TPSA) is 55.8 Å². The average molecular weight is 333 g/mol. The molecule has 1 heterocycles. The van der Waals surface area contributed by atoms with Crippen LogP contribution in [-0.2, 0) is 10.0 Å². The van der Waals surface area contributed by atoms with Gasteiger partial charge in [-0.05, 0) is 49.2 Å². The van der Waals surface area contributed by atoms with E-state index in [0.29, 0.717) is 30.4 Å². The maximum absolute atomic E-state index is 12.9. The van der Waals surface area contributed by atoms with Crippen LogP contribution in [0.4, 0.5) is 5.69 Å². The Morgan fingerprint density at radius 3 is 2.17 bits per heavy atom. The van der Waals surface area contributed by atoms with Gasteiger partial charge >= 0.3 is 0 Å². The zero-order valence-corrected chi connectivity index (χ0v) is 14.2. The molecule has 0 aromatic heterocycles.